The number of nitrogens with one attached hydrogen (secondary N) is 2. The van der Waals surface area contributed by atoms with Gasteiger partial charge in [0.05, 0.1) is 50.0 Å². The third-order valence-electron chi connectivity index (χ3n) is 11.8. The van der Waals surface area contributed by atoms with E-state index in [1.54, 1.807) is 59.2 Å². The molecule has 0 bridgehead atoms. The topological polar surface area (TPSA) is 150 Å². The molecule has 1 saturated heterocycles. The Labute approximate surface area is 373 Å². The number of piperidine rings is 1. The van der Waals surface area contributed by atoms with Gasteiger partial charge in [0.1, 0.15) is 12.1 Å². The van der Waals surface area contributed by atoms with Gasteiger partial charge in [-0.15, -0.1) is 0 Å². The number of imidazole rings is 2. The fourth-order valence-corrected chi connectivity index (χ4v) is 8.72. The number of aromatic amines is 1. The lowest BCUT2D eigenvalue weighted by atomic mass is 9.87. The normalized spacial score (nSPS) is 14.7. The first-order chi connectivity index (χ1) is 30.8. The number of methoxy groups -OCH3 is 3. The van der Waals surface area contributed by atoms with Crippen molar-refractivity contribution in [2.24, 2.45) is 5.92 Å². The molecule has 2 atom stereocenters. The number of hydrogen-bond donors (Lipinski definition) is 2. The Balaban J connectivity index is 1.03. The highest BCUT2D eigenvalue weighted by Crippen LogP contribution is 2.38. The van der Waals surface area contributed by atoms with Crippen LogP contribution in [0.1, 0.15) is 81.2 Å². The molecule has 7 rings (SSSR count). The van der Waals surface area contributed by atoms with Crippen LogP contribution in [0.15, 0.2) is 78.9 Å². The van der Waals surface area contributed by atoms with E-state index in [9.17, 15) is 27.6 Å². The molecular weight excluding hydrogens is 853 g/mol. The Morgan fingerprint density at radius 3 is 2.31 bits per heavy atom. The second kappa shape index (κ2) is 20.2. The summed E-state index contributed by atoms with van der Waals surface area (Å²) in [6.07, 6.45) is -1.73. The molecule has 1 aliphatic rings. The van der Waals surface area contributed by atoms with Gasteiger partial charge in [0.2, 0.25) is 17.3 Å². The van der Waals surface area contributed by atoms with Crippen LogP contribution in [0, 0.1) is 5.92 Å². The van der Waals surface area contributed by atoms with Gasteiger partial charge < -0.3 is 38.7 Å². The third kappa shape index (κ3) is 10.4. The standard InChI is InChI=1S/C47H50ClF3N6O7/c1-5-33(23-31(29-10-8-11-32(48)22-29)26-52-46(60)30-24-38(61-2)43(63-4)39(25-30)62-3)56-18-16-28(17-19-56)41(58)44-53-36-14-9-12-34(40(36)55-44)42(59)45-54-35-13-6-7-15-37(35)57(45)20-21-64-27-47(49,50)51/h6-15,22,24-25,28,31,33H,5,16-21,23,26-27H2,1-4H3,(H,52,60)(H,53,55). The van der Waals surface area contributed by atoms with Crippen molar-refractivity contribution < 1.29 is 46.5 Å². The van der Waals surface area contributed by atoms with E-state index in [1.165, 1.54) is 21.3 Å². The third-order valence-corrected chi connectivity index (χ3v) is 12.0. The molecule has 4 aromatic carbocycles. The number of ether oxygens (including phenoxy) is 4. The zero-order chi connectivity index (χ0) is 45.5. The number of aromatic nitrogens is 4. The summed E-state index contributed by atoms with van der Waals surface area (Å²) >= 11 is 6.46. The molecule has 64 heavy (non-hydrogen) atoms. The number of carbonyl (C=O) groups excluding carboxylic acids is 3. The molecule has 0 aliphatic carbocycles. The highest BCUT2D eigenvalue weighted by atomic mass is 35.5. The van der Waals surface area contributed by atoms with E-state index in [0.29, 0.717) is 82.4 Å². The number of rotatable bonds is 19. The van der Waals surface area contributed by atoms with Crippen molar-refractivity contribution in [1.82, 2.24) is 29.7 Å². The van der Waals surface area contributed by atoms with Crippen molar-refractivity contribution in [3.63, 3.8) is 0 Å². The number of para-hydroxylation sites is 3. The number of ketones is 2. The smallest absolute Gasteiger partial charge is 0.411 e. The van der Waals surface area contributed by atoms with Gasteiger partial charge in [0.15, 0.2) is 23.1 Å². The highest BCUT2D eigenvalue weighted by Gasteiger charge is 2.33. The van der Waals surface area contributed by atoms with Gasteiger partial charge in [-0.3, -0.25) is 14.4 Å². The number of likely N-dealkylation sites (tertiary alicyclic amines) is 1. The minimum atomic E-state index is -4.48. The molecular formula is C47H50ClF3N6O7. The molecule has 13 nitrogen and oxygen atoms in total. The molecule has 2 unspecified atom stereocenters. The Hall–Kier alpha value is -5.97. The van der Waals surface area contributed by atoms with E-state index >= 15 is 0 Å². The molecule has 338 valence electrons. The Morgan fingerprint density at radius 1 is 0.922 bits per heavy atom. The highest BCUT2D eigenvalue weighted by molar-refractivity contribution is 6.30. The van der Waals surface area contributed by atoms with Crippen LogP contribution < -0.4 is 19.5 Å². The SMILES string of the molecule is CCC(CC(CNC(=O)c1cc(OC)c(OC)c(OC)c1)c1cccc(Cl)c1)N1CCC(C(=O)c2nc3c(C(=O)c4nc5ccccc5n4CCOCC(F)(F)F)cccc3[nH]2)CC1. The summed E-state index contributed by atoms with van der Waals surface area (Å²) in [4.78, 5) is 56.5. The summed E-state index contributed by atoms with van der Waals surface area (Å²) < 4.78 is 61.1. The fourth-order valence-electron chi connectivity index (χ4n) is 8.52. The van der Waals surface area contributed by atoms with E-state index < -0.39 is 18.6 Å². The second-order valence-corrected chi connectivity index (χ2v) is 16.1. The first-order valence-electron chi connectivity index (χ1n) is 21.1. The lowest BCUT2D eigenvalue weighted by molar-refractivity contribution is -0.174. The number of fused-ring (bicyclic) bond motifs is 2. The monoisotopic (exact) mass is 902 g/mol. The van der Waals surface area contributed by atoms with E-state index in [-0.39, 0.29) is 59.9 Å². The van der Waals surface area contributed by atoms with Crippen molar-refractivity contribution in [3.8, 4) is 17.2 Å². The van der Waals surface area contributed by atoms with Crippen LogP contribution in [-0.4, -0.2) is 108 Å². The van der Waals surface area contributed by atoms with Gasteiger partial charge in [-0.25, -0.2) is 9.97 Å². The predicted molar refractivity (Wildman–Crippen MR) is 236 cm³/mol. The average molecular weight is 903 g/mol. The molecule has 0 radical (unpaired) electrons. The molecule has 0 saturated carbocycles. The van der Waals surface area contributed by atoms with E-state index in [4.69, 9.17) is 30.5 Å². The predicted octanol–water partition coefficient (Wildman–Crippen LogP) is 8.68. The van der Waals surface area contributed by atoms with Crippen molar-refractivity contribution in [2.75, 3.05) is 54.2 Å². The Bertz CT molecular complexity index is 2600. The number of amides is 1. The molecule has 2 N–H and O–H groups in total. The van der Waals surface area contributed by atoms with Crippen molar-refractivity contribution in [2.45, 2.75) is 57.3 Å². The first-order valence-corrected chi connectivity index (χ1v) is 21.4. The quantitative estimate of drug-likeness (QED) is 0.0597. The molecule has 3 heterocycles. The summed E-state index contributed by atoms with van der Waals surface area (Å²) in [5.41, 5.74) is 3.43. The van der Waals surface area contributed by atoms with E-state index in [0.717, 1.165) is 18.4 Å². The number of benzene rings is 4. The lowest BCUT2D eigenvalue weighted by Crippen LogP contribution is -2.44. The minimum absolute atomic E-state index is 0.0246. The molecule has 0 spiro atoms. The first kappa shape index (κ1) is 46.0. The van der Waals surface area contributed by atoms with Crippen molar-refractivity contribution in [3.05, 3.63) is 112 Å². The molecule has 2 aromatic heterocycles. The number of nitrogens with zero attached hydrogens (tertiary/aromatic N) is 4. The Kier molecular flexibility index (Phi) is 14.6. The second-order valence-electron chi connectivity index (χ2n) is 15.7. The van der Waals surface area contributed by atoms with Crippen LogP contribution >= 0.6 is 11.6 Å². The number of hydrogen-bond acceptors (Lipinski definition) is 10. The maximum absolute atomic E-state index is 14.2. The zero-order valence-corrected chi connectivity index (χ0v) is 36.7. The fraction of sp³-hybridized carbons (Fsp3) is 0.383. The maximum Gasteiger partial charge on any atom is 0.411 e. The number of halogens is 4. The summed E-state index contributed by atoms with van der Waals surface area (Å²) in [5.74, 6) is -0.0167. The number of H-pyrrole nitrogens is 1. The average Bonchev–Trinajstić information content (AvgIpc) is 3.91. The summed E-state index contributed by atoms with van der Waals surface area (Å²) in [7, 11) is 4.49. The van der Waals surface area contributed by atoms with Gasteiger partial charge in [-0.1, -0.05) is 48.9 Å². The number of carbonyl (C=O) groups is 3. The molecule has 1 amide bonds. The van der Waals surface area contributed by atoms with Crippen LogP contribution in [0.25, 0.3) is 22.1 Å². The van der Waals surface area contributed by atoms with Gasteiger partial charge in [0, 0.05) is 41.6 Å². The zero-order valence-electron chi connectivity index (χ0n) is 36.0. The summed E-state index contributed by atoms with van der Waals surface area (Å²) in [6, 6.07) is 23.0. The molecule has 1 fully saturated rings. The van der Waals surface area contributed by atoms with Gasteiger partial charge in [0.25, 0.3) is 5.91 Å². The van der Waals surface area contributed by atoms with Crippen molar-refractivity contribution >= 4 is 51.1 Å². The van der Waals surface area contributed by atoms with Crippen LogP contribution in [0.4, 0.5) is 13.2 Å². The van der Waals surface area contributed by atoms with Crippen LogP contribution in [0.3, 0.4) is 0 Å². The Morgan fingerprint density at radius 2 is 1.64 bits per heavy atom. The van der Waals surface area contributed by atoms with Gasteiger partial charge >= 0.3 is 6.18 Å². The lowest BCUT2D eigenvalue weighted by Gasteiger charge is -2.38. The van der Waals surface area contributed by atoms with E-state index in [1.807, 2.05) is 24.3 Å². The van der Waals surface area contributed by atoms with Crippen LogP contribution in [-0.2, 0) is 11.3 Å². The van der Waals surface area contributed by atoms with E-state index in [2.05, 4.69) is 32.1 Å². The van der Waals surface area contributed by atoms with Gasteiger partial charge in [-0.05, 0) is 92.9 Å². The van der Waals surface area contributed by atoms with Crippen LogP contribution in [0.2, 0.25) is 5.02 Å². The van der Waals surface area contributed by atoms with Crippen molar-refractivity contribution in [1.29, 1.82) is 0 Å². The largest absolute Gasteiger partial charge is 0.493 e. The molecule has 6 aromatic rings. The number of Topliss-reactive ketones (excluding diaryl/α,β-unsaturated/α-hetero) is 1. The minimum Gasteiger partial charge on any atom is -0.493 e. The van der Waals surface area contributed by atoms with Gasteiger partial charge in [-0.2, -0.15) is 13.2 Å². The summed E-state index contributed by atoms with van der Waals surface area (Å²) in [5, 5.41) is 3.71. The summed E-state index contributed by atoms with van der Waals surface area (Å²) in [6.45, 7) is 2.08. The number of alkyl halides is 3. The maximum atomic E-state index is 14.2. The van der Waals surface area contributed by atoms with Crippen LogP contribution in [0.5, 0.6) is 17.2 Å². The molecule has 17 heteroatoms. The molecule has 1 aliphatic heterocycles.